The Morgan fingerprint density at radius 1 is 1.37 bits per heavy atom. The fraction of sp³-hybridized carbons (Fsp3) is 0.333. The first-order valence-electron chi connectivity index (χ1n) is 6.27. The second kappa shape index (κ2) is 7.36. The molecular formula is C15H19NO3. The Kier molecular flexibility index (Phi) is 5.79. The van der Waals surface area contributed by atoms with Gasteiger partial charge in [0.2, 0.25) is 0 Å². The Morgan fingerprint density at radius 3 is 2.53 bits per heavy atom. The molecule has 0 saturated carbocycles. The molecule has 0 aliphatic carbocycles. The lowest BCUT2D eigenvalue weighted by molar-refractivity contribution is -0.127. The highest BCUT2D eigenvalue weighted by molar-refractivity contribution is 5.95. The van der Waals surface area contributed by atoms with Gasteiger partial charge >= 0.3 is 0 Å². The number of amides is 1. The highest BCUT2D eigenvalue weighted by Crippen LogP contribution is 2.15. The van der Waals surface area contributed by atoms with E-state index in [0.717, 1.165) is 0 Å². The largest absolute Gasteiger partial charge is 0.481 e. The highest BCUT2D eigenvalue weighted by atomic mass is 16.5. The molecule has 4 nitrogen and oxygen atoms in total. The fourth-order valence-corrected chi connectivity index (χ4v) is 1.50. The summed E-state index contributed by atoms with van der Waals surface area (Å²) in [6.45, 7) is 7.42. The van der Waals surface area contributed by atoms with E-state index in [-0.39, 0.29) is 11.7 Å². The van der Waals surface area contributed by atoms with Gasteiger partial charge in [0, 0.05) is 18.5 Å². The lowest BCUT2D eigenvalue weighted by Crippen LogP contribution is -2.36. The first kappa shape index (κ1) is 15.0. The molecule has 1 atom stereocenters. The van der Waals surface area contributed by atoms with Crippen LogP contribution in [0, 0.1) is 0 Å². The zero-order chi connectivity index (χ0) is 14.3. The quantitative estimate of drug-likeness (QED) is 0.605. The normalized spacial score (nSPS) is 11.5. The minimum Gasteiger partial charge on any atom is -0.481 e. The summed E-state index contributed by atoms with van der Waals surface area (Å²) in [6, 6.07) is 6.80. The summed E-state index contributed by atoms with van der Waals surface area (Å²) in [4.78, 5) is 23.0. The third-order valence-corrected chi connectivity index (χ3v) is 2.60. The predicted molar refractivity (Wildman–Crippen MR) is 74.4 cm³/mol. The molecule has 4 heteroatoms. The molecule has 0 radical (unpaired) electrons. The molecule has 1 rings (SSSR count). The SMILES string of the molecule is C=CCNC(=O)C(C)Oc1ccc(C(=O)CC)cc1. The van der Waals surface area contributed by atoms with Crippen LogP contribution >= 0.6 is 0 Å². The van der Waals surface area contributed by atoms with E-state index in [2.05, 4.69) is 11.9 Å². The average molecular weight is 261 g/mol. The van der Waals surface area contributed by atoms with E-state index in [0.29, 0.717) is 24.3 Å². The molecule has 0 heterocycles. The van der Waals surface area contributed by atoms with Crippen LogP contribution in [0.2, 0.25) is 0 Å². The van der Waals surface area contributed by atoms with Crippen molar-refractivity contribution in [3.63, 3.8) is 0 Å². The summed E-state index contributed by atoms with van der Waals surface area (Å²) in [6.07, 6.45) is 1.49. The summed E-state index contributed by atoms with van der Waals surface area (Å²) in [5.74, 6) is 0.450. The van der Waals surface area contributed by atoms with Crippen LogP contribution in [-0.2, 0) is 4.79 Å². The smallest absolute Gasteiger partial charge is 0.261 e. The maximum Gasteiger partial charge on any atom is 0.261 e. The van der Waals surface area contributed by atoms with Crippen molar-refractivity contribution in [2.45, 2.75) is 26.4 Å². The Morgan fingerprint density at radius 2 is 2.00 bits per heavy atom. The van der Waals surface area contributed by atoms with Gasteiger partial charge in [-0.05, 0) is 31.2 Å². The molecule has 1 aromatic rings. The first-order valence-corrected chi connectivity index (χ1v) is 6.27. The fourth-order valence-electron chi connectivity index (χ4n) is 1.50. The van der Waals surface area contributed by atoms with E-state index in [9.17, 15) is 9.59 Å². The summed E-state index contributed by atoms with van der Waals surface area (Å²) in [7, 11) is 0. The molecule has 0 saturated heterocycles. The molecule has 0 aromatic heterocycles. The van der Waals surface area contributed by atoms with E-state index >= 15 is 0 Å². The monoisotopic (exact) mass is 261 g/mol. The third kappa shape index (κ3) is 4.58. The third-order valence-electron chi connectivity index (χ3n) is 2.60. The van der Waals surface area contributed by atoms with Crippen LogP contribution in [-0.4, -0.2) is 24.3 Å². The van der Waals surface area contributed by atoms with Crippen LogP contribution in [0.1, 0.15) is 30.6 Å². The van der Waals surface area contributed by atoms with Crippen LogP contribution in [0.5, 0.6) is 5.75 Å². The molecule has 0 aliphatic heterocycles. The molecule has 0 bridgehead atoms. The summed E-state index contributed by atoms with van der Waals surface area (Å²) in [5, 5.41) is 2.65. The van der Waals surface area contributed by atoms with Crippen LogP contribution in [0.4, 0.5) is 0 Å². The molecule has 0 fully saturated rings. The number of carbonyl (C=O) groups excluding carboxylic acids is 2. The molecule has 1 N–H and O–H groups in total. The molecule has 1 aromatic carbocycles. The van der Waals surface area contributed by atoms with Gasteiger partial charge in [-0.3, -0.25) is 9.59 Å². The highest BCUT2D eigenvalue weighted by Gasteiger charge is 2.13. The summed E-state index contributed by atoms with van der Waals surface area (Å²) in [5.41, 5.74) is 0.651. The van der Waals surface area contributed by atoms with E-state index in [1.807, 2.05) is 6.92 Å². The van der Waals surface area contributed by atoms with Gasteiger partial charge in [0.05, 0.1) is 0 Å². The van der Waals surface area contributed by atoms with Crippen LogP contribution < -0.4 is 10.1 Å². The Balaban J connectivity index is 2.59. The predicted octanol–water partition coefficient (Wildman–Crippen LogP) is 2.35. The van der Waals surface area contributed by atoms with Gasteiger partial charge in [-0.15, -0.1) is 6.58 Å². The van der Waals surface area contributed by atoms with Crippen LogP contribution in [0.25, 0.3) is 0 Å². The van der Waals surface area contributed by atoms with Gasteiger partial charge in [-0.25, -0.2) is 0 Å². The van der Waals surface area contributed by atoms with Gasteiger partial charge in [-0.2, -0.15) is 0 Å². The van der Waals surface area contributed by atoms with Crippen molar-refractivity contribution in [3.8, 4) is 5.75 Å². The zero-order valence-corrected chi connectivity index (χ0v) is 11.3. The van der Waals surface area contributed by atoms with Gasteiger partial charge in [-0.1, -0.05) is 13.0 Å². The number of hydrogen-bond donors (Lipinski definition) is 1. The van der Waals surface area contributed by atoms with E-state index < -0.39 is 6.10 Å². The number of rotatable bonds is 7. The molecule has 0 aliphatic rings. The Hall–Kier alpha value is -2.10. The number of hydrogen-bond acceptors (Lipinski definition) is 3. The van der Waals surface area contributed by atoms with Crippen molar-refractivity contribution in [2.24, 2.45) is 0 Å². The van der Waals surface area contributed by atoms with E-state index in [1.165, 1.54) is 0 Å². The second-order valence-corrected chi connectivity index (χ2v) is 4.10. The average Bonchev–Trinajstić information content (AvgIpc) is 2.44. The number of ether oxygens (including phenoxy) is 1. The first-order chi connectivity index (χ1) is 9.08. The topological polar surface area (TPSA) is 55.4 Å². The molecule has 1 amide bonds. The lowest BCUT2D eigenvalue weighted by atomic mass is 10.1. The molecular weight excluding hydrogens is 242 g/mol. The maximum absolute atomic E-state index is 11.6. The Bertz CT molecular complexity index is 451. The zero-order valence-electron chi connectivity index (χ0n) is 11.3. The maximum atomic E-state index is 11.6. The van der Waals surface area contributed by atoms with Crippen molar-refractivity contribution in [2.75, 3.05) is 6.54 Å². The van der Waals surface area contributed by atoms with Crippen molar-refractivity contribution in [3.05, 3.63) is 42.5 Å². The van der Waals surface area contributed by atoms with Gasteiger partial charge in [0.1, 0.15) is 5.75 Å². The lowest BCUT2D eigenvalue weighted by Gasteiger charge is -2.14. The molecule has 0 spiro atoms. The van der Waals surface area contributed by atoms with Crippen LogP contribution in [0.3, 0.4) is 0 Å². The number of ketones is 1. The minimum atomic E-state index is -0.590. The molecule has 102 valence electrons. The summed E-state index contributed by atoms with van der Waals surface area (Å²) >= 11 is 0. The van der Waals surface area contributed by atoms with E-state index in [4.69, 9.17) is 4.74 Å². The molecule has 19 heavy (non-hydrogen) atoms. The van der Waals surface area contributed by atoms with Crippen molar-refractivity contribution >= 4 is 11.7 Å². The minimum absolute atomic E-state index is 0.0864. The van der Waals surface area contributed by atoms with Crippen molar-refractivity contribution in [1.82, 2.24) is 5.32 Å². The van der Waals surface area contributed by atoms with Gasteiger partial charge in [0.25, 0.3) is 5.91 Å². The number of Topliss-reactive ketones (excluding diaryl/α,β-unsaturated/α-hetero) is 1. The second-order valence-electron chi connectivity index (χ2n) is 4.10. The van der Waals surface area contributed by atoms with Crippen molar-refractivity contribution < 1.29 is 14.3 Å². The summed E-state index contributed by atoms with van der Waals surface area (Å²) < 4.78 is 5.48. The van der Waals surface area contributed by atoms with Crippen molar-refractivity contribution in [1.29, 1.82) is 0 Å². The standard InChI is InChI=1S/C15H19NO3/c1-4-10-16-15(18)11(3)19-13-8-6-12(7-9-13)14(17)5-2/h4,6-9,11H,1,5,10H2,2-3H3,(H,16,18). The van der Waals surface area contributed by atoms with Gasteiger partial charge < -0.3 is 10.1 Å². The van der Waals surface area contributed by atoms with Crippen LogP contribution in [0.15, 0.2) is 36.9 Å². The van der Waals surface area contributed by atoms with Gasteiger partial charge in [0.15, 0.2) is 11.9 Å². The number of benzene rings is 1. The van der Waals surface area contributed by atoms with E-state index in [1.54, 1.807) is 37.3 Å². The number of carbonyl (C=O) groups is 2. The number of nitrogens with one attached hydrogen (secondary N) is 1. The molecule has 1 unspecified atom stereocenters. The Labute approximate surface area is 113 Å².